The van der Waals surface area contributed by atoms with Crippen molar-refractivity contribution in [1.29, 1.82) is 0 Å². The van der Waals surface area contributed by atoms with Crippen molar-refractivity contribution >= 4 is 11.7 Å². The number of piperidine rings is 1. The van der Waals surface area contributed by atoms with Gasteiger partial charge in [0.25, 0.3) is 5.91 Å². The molecule has 2 atom stereocenters. The van der Waals surface area contributed by atoms with Crippen LogP contribution in [0.1, 0.15) is 58.8 Å². The smallest absolute Gasteiger partial charge is 0.263 e. The molecule has 2 aliphatic rings. The summed E-state index contributed by atoms with van der Waals surface area (Å²) in [4.78, 5) is 19.3. The standard InChI is InChI=1S/C15H27N3O2/c1-11-6-5-7-12(2)18(11)14(19)10-20-17-15(16)13-8-3-4-9-13/h11-13H,3-10H2,1-2H3,(H2,16,17). The molecule has 5 heteroatoms. The van der Waals surface area contributed by atoms with Crippen LogP contribution in [0.5, 0.6) is 0 Å². The molecule has 0 bridgehead atoms. The molecule has 0 aromatic carbocycles. The predicted molar refractivity (Wildman–Crippen MR) is 79.2 cm³/mol. The number of rotatable bonds is 4. The van der Waals surface area contributed by atoms with Crippen molar-refractivity contribution in [3.05, 3.63) is 0 Å². The fourth-order valence-electron chi connectivity index (χ4n) is 3.45. The zero-order valence-electron chi connectivity index (χ0n) is 12.7. The van der Waals surface area contributed by atoms with Gasteiger partial charge in [-0.1, -0.05) is 18.0 Å². The van der Waals surface area contributed by atoms with E-state index in [9.17, 15) is 4.79 Å². The molecule has 20 heavy (non-hydrogen) atoms. The first-order valence-corrected chi connectivity index (χ1v) is 7.86. The van der Waals surface area contributed by atoms with E-state index in [0.29, 0.717) is 23.8 Å². The lowest BCUT2D eigenvalue weighted by atomic mass is 9.97. The number of carbonyl (C=O) groups excluding carboxylic acids is 1. The van der Waals surface area contributed by atoms with Crippen molar-refractivity contribution in [2.45, 2.75) is 70.9 Å². The lowest BCUT2D eigenvalue weighted by Crippen LogP contribution is -2.48. The average Bonchev–Trinajstić information content (AvgIpc) is 2.92. The highest BCUT2D eigenvalue weighted by Crippen LogP contribution is 2.25. The Morgan fingerprint density at radius 1 is 1.15 bits per heavy atom. The maximum atomic E-state index is 12.2. The molecule has 1 heterocycles. The van der Waals surface area contributed by atoms with Crippen LogP contribution >= 0.6 is 0 Å². The number of amidine groups is 1. The van der Waals surface area contributed by atoms with Crippen LogP contribution in [0.2, 0.25) is 0 Å². The van der Waals surface area contributed by atoms with Crippen molar-refractivity contribution < 1.29 is 9.63 Å². The highest BCUT2D eigenvalue weighted by atomic mass is 16.6. The van der Waals surface area contributed by atoms with Gasteiger partial charge in [-0.15, -0.1) is 0 Å². The molecule has 1 aliphatic heterocycles. The third kappa shape index (κ3) is 3.64. The Balaban J connectivity index is 1.80. The molecule has 1 saturated heterocycles. The monoisotopic (exact) mass is 281 g/mol. The molecule has 2 unspecified atom stereocenters. The molecule has 5 nitrogen and oxygen atoms in total. The van der Waals surface area contributed by atoms with Crippen LogP contribution < -0.4 is 5.73 Å². The number of hydrogen-bond donors (Lipinski definition) is 1. The normalized spacial score (nSPS) is 28.7. The summed E-state index contributed by atoms with van der Waals surface area (Å²) >= 11 is 0. The van der Waals surface area contributed by atoms with Crippen LogP contribution in [-0.2, 0) is 9.63 Å². The maximum Gasteiger partial charge on any atom is 0.263 e. The fourth-order valence-corrected chi connectivity index (χ4v) is 3.45. The highest BCUT2D eigenvalue weighted by Gasteiger charge is 2.29. The first kappa shape index (κ1) is 15.1. The van der Waals surface area contributed by atoms with Crippen LogP contribution in [0.25, 0.3) is 0 Å². The molecule has 0 aromatic rings. The summed E-state index contributed by atoms with van der Waals surface area (Å²) in [5, 5.41) is 3.94. The molecule has 114 valence electrons. The number of carbonyl (C=O) groups is 1. The second-order valence-electron chi connectivity index (χ2n) is 6.20. The zero-order chi connectivity index (χ0) is 14.5. The number of oxime groups is 1. The quantitative estimate of drug-likeness (QED) is 0.488. The minimum atomic E-state index is 0.00208. The van der Waals surface area contributed by atoms with Gasteiger partial charge in [-0.2, -0.15) is 0 Å². The minimum absolute atomic E-state index is 0.00208. The Morgan fingerprint density at radius 3 is 2.35 bits per heavy atom. The first-order chi connectivity index (χ1) is 9.59. The molecular weight excluding hydrogens is 254 g/mol. The van der Waals surface area contributed by atoms with Gasteiger partial charge in [-0.25, -0.2) is 0 Å². The third-order valence-corrected chi connectivity index (χ3v) is 4.61. The van der Waals surface area contributed by atoms with Gasteiger partial charge in [0.15, 0.2) is 6.61 Å². The summed E-state index contributed by atoms with van der Waals surface area (Å²) in [5.41, 5.74) is 5.90. The molecule has 0 spiro atoms. The van der Waals surface area contributed by atoms with Gasteiger partial charge in [-0.05, 0) is 46.0 Å². The van der Waals surface area contributed by atoms with E-state index in [4.69, 9.17) is 10.6 Å². The zero-order valence-corrected chi connectivity index (χ0v) is 12.7. The van der Waals surface area contributed by atoms with E-state index in [1.54, 1.807) is 0 Å². The molecule has 1 saturated carbocycles. The molecule has 0 radical (unpaired) electrons. The minimum Gasteiger partial charge on any atom is -0.384 e. The van der Waals surface area contributed by atoms with Crippen LogP contribution in [0.4, 0.5) is 0 Å². The summed E-state index contributed by atoms with van der Waals surface area (Å²) < 4.78 is 0. The van der Waals surface area contributed by atoms with Crippen molar-refractivity contribution in [2.24, 2.45) is 16.8 Å². The van der Waals surface area contributed by atoms with Gasteiger partial charge >= 0.3 is 0 Å². The van der Waals surface area contributed by atoms with Crippen molar-refractivity contribution in [2.75, 3.05) is 6.61 Å². The Labute approximate surface area is 121 Å². The van der Waals surface area contributed by atoms with E-state index in [-0.39, 0.29) is 12.5 Å². The topological polar surface area (TPSA) is 67.9 Å². The molecule has 2 rings (SSSR count). The Hall–Kier alpha value is -1.26. The molecular formula is C15H27N3O2. The SMILES string of the molecule is CC1CCCC(C)N1C(=O)CON=C(N)C1CCCC1. The maximum absolute atomic E-state index is 12.2. The fraction of sp³-hybridized carbons (Fsp3) is 0.867. The Bertz CT molecular complexity index is 354. The highest BCUT2D eigenvalue weighted by molar-refractivity contribution is 5.83. The largest absolute Gasteiger partial charge is 0.384 e. The van der Waals surface area contributed by atoms with Gasteiger partial charge in [0.1, 0.15) is 5.84 Å². The molecule has 1 amide bonds. The summed E-state index contributed by atoms with van der Waals surface area (Å²) in [5.74, 6) is 0.917. The average molecular weight is 281 g/mol. The first-order valence-electron chi connectivity index (χ1n) is 7.86. The summed E-state index contributed by atoms with van der Waals surface area (Å²) in [6.45, 7) is 4.20. The van der Waals surface area contributed by atoms with Crippen LogP contribution in [-0.4, -0.2) is 35.3 Å². The van der Waals surface area contributed by atoms with Crippen molar-refractivity contribution in [3.63, 3.8) is 0 Å². The molecule has 0 aromatic heterocycles. The van der Waals surface area contributed by atoms with E-state index < -0.39 is 0 Å². The van der Waals surface area contributed by atoms with Gasteiger partial charge in [0, 0.05) is 18.0 Å². The third-order valence-electron chi connectivity index (χ3n) is 4.61. The number of nitrogens with zero attached hydrogens (tertiary/aromatic N) is 2. The van der Waals surface area contributed by atoms with Gasteiger partial charge in [-0.3, -0.25) is 4.79 Å². The molecule has 1 aliphatic carbocycles. The predicted octanol–water partition coefficient (Wildman–Crippen LogP) is 2.25. The van der Waals surface area contributed by atoms with Gasteiger partial charge in [0.2, 0.25) is 0 Å². The summed E-state index contributed by atoms with van der Waals surface area (Å²) in [6, 6.07) is 0.594. The Morgan fingerprint density at radius 2 is 1.75 bits per heavy atom. The Kier molecular flexibility index (Phi) is 5.26. The van der Waals surface area contributed by atoms with E-state index >= 15 is 0 Å². The van der Waals surface area contributed by atoms with E-state index in [1.807, 2.05) is 4.90 Å². The number of likely N-dealkylation sites (tertiary alicyclic amines) is 1. The second-order valence-corrected chi connectivity index (χ2v) is 6.20. The molecule has 2 N–H and O–H groups in total. The van der Waals surface area contributed by atoms with Gasteiger partial charge in [0.05, 0.1) is 0 Å². The number of amides is 1. The van der Waals surface area contributed by atoms with Gasteiger partial charge < -0.3 is 15.5 Å². The van der Waals surface area contributed by atoms with E-state index in [1.165, 1.54) is 19.3 Å². The van der Waals surface area contributed by atoms with Crippen LogP contribution in [0, 0.1) is 5.92 Å². The number of nitrogens with two attached hydrogens (primary N) is 1. The van der Waals surface area contributed by atoms with Crippen LogP contribution in [0.15, 0.2) is 5.16 Å². The summed E-state index contributed by atoms with van der Waals surface area (Å²) in [7, 11) is 0. The van der Waals surface area contributed by atoms with Crippen LogP contribution in [0.3, 0.4) is 0 Å². The van der Waals surface area contributed by atoms with Crippen molar-refractivity contribution in [1.82, 2.24) is 4.90 Å². The summed E-state index contributed by atoms with van der Waals surface area (Å²) in [6.07, 6.45) is 7.94. The molecule has 2 fully saturated rings. The lowest BCUT2D eigenvalue weighted by molar-refractivity contribution is -0.142. The number of hydrogen-bond acceptors (Lipinski definition) is 3. The van der Waals surface area contributed by atoms with Crippen molar-refractivity contribution in [3.8, 4) is 0 Å². The van der Waals surface area contributed by atoms with E-state index in [0.717, 1.165) is 25.7 Å². The second kappa shape index (κ2) is 6.95. The van der Waals surface area contributed by atoms with E-state index in [2.05, 4.69) is 19.0 Å². The lowest BCUT2D eigenvalue weighted by Gasteiger charge is -2.38.